The van der Waals surface area contributed by atoms with E-state index in [2.05, 4.69) is 0 Å². The van der Waals surface area contributed by atoms with Gasteiger partial charge in [0.25, 0.3) is 0 Å². The highest BCUT2D eigenvalue weighted by Gasteiger charge is 2.20. The van der Waals surface area contributed by atoms with Gasteiger partial charge in [-0.2, -0.15) is 0 Å². The molecule has 0 aliphatic carbocycles. The van der Waals surface area contributed by atoms with Crippen LogP contribution in [0, 0.1) is 0 Å². The van der Waals surface area contributed by atoms with Crippen LogP contribution in [0.1, 0.15) is 44.9 Å². The summed E-state index contributed by atoms with van der Waals surface area (Å²) in [6.07, 6.45) is 9.32. The largest absolute Gasteiger partial charge is 0.396 e. The normalized spacial score (nSPS) is 21.2. The van der Waals surface area contributed by atoms with E-state index >= 15 is 0 Å². The van der Waals surface area contributed by atoms with Crippen LogP contribution in [0.3, 0.4) is 0 Å². The van der Waals surface area contributed by atoms with Crippen molar-refractivity contribution in [3.8, 4) is 0 Å². The Morgan fingerprint density at radius 2 is 1.58 bits per heavy atom. The molecule has 0 spiro atoms. The van der Waals surface area contributed by atoms with E-state index in [1.807, 2.05) is 0 Å². The topological polar surface area (TPSA) is 32.8 Å². The van der Waals surface area contributed by atoms with Gasteiger partial charge < -0.3 is 9.84 Å². The molecule has 0 aromatic rings. The van der Waals surface area contributed by atoms with E-state index < -0.39 is 0 Å². The second-order valence-corrected chi connectivity index (χ2v) is 3.59. The predicted octanol–water partition coefficient (Wildman–Crippen LogP) is 2.11. The van der Waals surface area contributed by atoms with Gasteiger partial charge >= 0.3 is 0 Å². The molecule has 1 aliphatic rings. The van der Waals surface area contributed by atoms with Crippen molar-refractivity contribution in [2.24, 2.45) is 0 Å². The molecule has 1 rings (SSSR count). The maximum atomic E-state index is 8.53. The van der Waals surface area contributed by atoms with E-state index in [-0.39, 0.29) is 0 Å². The summed E-state index contributed by atoms with van der Waals surface area (Å²) in [6.45, 7) is 1.36. The van der Waals surface area contributed by atoms with Crippen LogP contribution in [-0.2, 0) is 4.74 Å². The number of epoxide rings is 1. The van der Waals surface area contributed by atoms with Crippen molar-refractivity contribution in [3.05, 3.63) is 0 Å². The minimum absolute atomic E-state index is 0.357. The number of aliphatic hydroxyl groups excluding tert-OH is 1. The lowest BCUT2D eigenvalue weighted by Gasteiger charge is -1.98. The number of rotatable bonds is 8. The van der Waals surface area contributed by atoms with Gasteiger partial charge in [-0.1, -0.05) is 32.1 Å². The van der Waals surface area contributed by atoms with Crippen molar-refractivity contribution in [3.63, 3.8) is 0 Å². The van der Waals surface area contributed by atoms with E-state index in [0.717, 1.165) is 13.0 Å². The molecule has 0 aromatic carbocycles. The fourth-order valence-corrected chi connectivity index (χ4v) is 1.43. The van der Waals surface area contributed by atoms with Crippen molar-refractivity contribution >= 4 is 0 Å². The van der Waals surface area contributed by atoms with Crippen LogP contribution in [0.15, 0.2) is 0 Å². The molecule has 1 heterocycles. The van der Waals surface area contributed by atoms with Crippen LogP contribution >= 0.6 is 0 Å². The maximum Gasteiger partial charge on any atom is 0.0810 e. The second-order valence-electron chi connectivity index (χ2n) is 3.59. The van der Waals surface area contributed by atoms with Crippen LogP contribution in [0.5, 0.6) is 0 Å². The summed E-state index contributed by atoms with van der Waals surface area (Å²) in [5, 5.41) is 8.53. The minimum atomic E-state index is 0.357. The fourth-order valence-electron chi connectivity index (χ4n) is 1.43. The van der Waals surface area contributed by atoms with Crippen molar-refractivity contribution < 1.29 is 9.84 Å². The molecule has 1 atom stereocenters. The van der Waals surface area contributed by atoms with Gasteiger partial charge in [-0.25, -0.2) is 0 Å². The van der Waals surface area contributed by atoms with E-state index in [4.69, 9.17) is 9.84 Å². The molecular weight excluding hydrogens is 152 g/mol. The first-order chi connectivity index (χ1) is 5.93. The van der Waals surface area contributed by atoms with Gasteiger partial charge in [0, 0.05) is 6.61 Å². The van der Waals surface area contributed by atoms with Crippen molar-refractivity contribution in [2.45, 2.75) is 51.0 Å². The van der Waals surface area contributed by atoms with Crippen LogP contribution < -0.4 is 0 Å². The summed E-state index contributed by atoms with van der Waals surface area (Å²) in [4.78, 5) is 0. The van der Waals surface area contributed by atoms with Crippen LogP contribution in [0.4, 0.5) is 0 Å². The zero-order chi connectivity index (χ0) is 8.65. The number of hydrogen-bond donors (Lipinski definition) is 1. The highest BCUT2D eigenvalue weighted by atomic mass is 16.6. The number of hydrogen-bond acceptors (Lipinski definition) is 2. The van der Waals surface area contributed by atoms with Gasteiger partial charge in [0.2, 0.25) is 0 Å². The summed E-state index contributed by atoms with van der Waals surface area (Å²) < 4.78 is 5.12. The summed E-state index contributed by atoms with van der Waals surface area (Å²) in [7, 11) is 0. The van der Waals surface area contributed by atoms with Gasteiger partial charge in [0.15, 0.2) is 0 Å². The zero-order valence-corrected chi connectivity index (χ0v) is 7.80. The Kier molecular flexibility index (Phi) is 5.37. The monoisotopic (exact) mass is 172 g/mol. The maximum absolute atomic E-state index is 8.53. The lowest BCUT2D eigenvalue weighted by atomic mass is 10.1. The Morgan fingerprint density at radius 3 is 2.17 bits per heavy atom. The number of aliphatic hydroxyl groups is 1. The Hall–Kier alpha value is -0.0800. The third-order valence-electron chi connectivity index (χ3n) is 2.34. The van der Waals surface area contributed by atoms with Crippen LogP contribution in [0.25, 0.3) is 0 Å². The average molecular weight is 172 g/mol. The molecule has 0 radical (unpaired) electrons. The van der Waals surface area contributed by atoms with Gasteiger partial charge in [-0.05, 0) is 12.8 Å². The quantitative estimate of drug-likeness (QED) is 0.449. The number of unbranched alkanes of at least 4 members (excludes halogenated alkanes) is 5. The molecule has 2 heteroatoms. The summed E-state index contributed by atoms with van der Waals surface area (Å²) in [6, 6.07) is 0. The van der Waals surface area contributed by atoms with Gasteiger partial charge in [0.05, 0.1) is 12.7 Å². The summed E-state index contributed by atoms with van der Waals surface area (Å²) in [5.41, 5.74) is 0. The Labute approximate surface area is 74.9 Å². The third-order valence-corrected chi connectivity index (χ3v) is 2.34. The van der Waals surface area contributed by atoms with Gasteiger partial charge in [-0.15, -0.1) is 0 Å². The molecule has 0 saturated carbocycles. The standard InChI is InChI=1S/C10H20O2/c11-8-6-4-2-1-3-5-7-10-9-12-10/h10-11H,1-9H2. The zero-order valence-electron chi connectivity index (χ0n) is 7.80. The molecule has 1 fully saturated rings. The van der Waals surface area contributed by atoms with Crippen molar-refractivity contribution in [1.29, 1.82) is 0 Å². The first-order valence-electron chi connectivity index (χ1n) is 5.16. The van der Waals surface area contributed by atoms with E-state index in [9.17, 15) is 0 Å². The molecule has 0 bridgehead atoms. The lowest BCUT2D eigenvalue weighted by Crippen LogP contribution is -1.87. The van der Waals surface area contributed by atoms with Gasteiger partial charge in [0.1, 0.15) is 0 Å². The summed E-state index contributed by atoms with van der Waals surface area (Å²) >= 11 is 0. The van der Waals surface area contributed by atoms with Crippen molar-refractivity contribution in [1.82, 2.24) is 0 Å². The molecule has 1 saturated heterocycles. The van der Waals surface area contributed by atoms with E-state index in [1.165, 1.54) is 38.5 Å². The minimum Gasteiger partial charge on any atom is -0.396 e. The molecule has 1 aliphatic heterocycles. The molecule has 1 N–H and O–H groups in total. The smallest absolute Gasteiger partial charge is 0.0810 e. The first kappa shape index (κ1) is 10.0. The first-order valence-corrected chi connectivity index (χ1v) is 5.16. The summed E-state index contributed by atoms with van der Waals surface area (Å²) in [5.74, 6) is 0. The van der Waals surface area contributed by atoms with Crippen molar-refractivity contribution in [2.75, 3.05) is 13.2 Å². The molecule has 1 unspecified atom stereocenters. The Bertz CT molecular complexity index is 100. The Morgan fingerprint density at radius 1 is 1.00 bits per heavy atom. The molecule has 72 valence electrons. The number of ether oxygens (including phenoxy) is 1. The van der Waals surface area contributed by atoms with E-state index in [1.54, 1.807) is 0 Å². The third kappa shape index (κ3) is 5.56. The molecule has 0 amide bonds. The fraction of sp³-hybridized carbons (Fsp3) is 1.00. The SMILES string of the molecule is OCCCCCCCCC1CO1. The van der Waals surface area contributed by atoms with Gasteiger partial charge in [-0.3, -0.25) is 0 Å². The lowest BCUT2D eigenvalue weighted by molar-refractivity contribution is 0.282. The molecular formula is C10H20O2. The van der Waals surface area contributed by atoms with Crippen LogP contribution in [-0.4, -0.2) is 24.4 Å². The highest BCUT2D eigenvalue weighted by molar-refractivity contribution is 4.68. The Balaban J connectivity index is 1.65. The molecule has 12 heavy (non-hydrogen) atoms. The average Bonchev–Trinajstić information content (AvgIpc) is 2.87. The van der Waals surface area contributed by atoms with Crippen LogP contribution in [0.2, 0.25) is 0 Å². The molecule has 2 nitrogen and oxygen atoms in total. The highest BCUT2D eigenvalue weighted by Crippen LogP contribution is 2.17. The predicted molar refractivity (Wildman–Crippen MR) is 49.1 cm³/mol. The second kappa shape index (κ2) is 6.44. The van der Waals surface area contributed by atoms with E-state index in [0.29, 0.717) is 12.7 Å². The molecule has 0 aromatic heterocycles.